The molecule has 1 heterocycles. The maximum atomic E-state index is 12.1. The molecule has 6 nitrogen and oxygen atoms in total. The van der Waals surface area contributed by atoms with Gasteiger partial charge < -0.3 is 21.0 Å². The van der Waals surface area contributed by atoms with Crippen LogP contribution in [0.25, 0.3) is 0 Å². The number of nitrogens with two attached hydrogens (primary N) is 1. The Hall–Kier alpha value is -1.30. The summed E-state index contributed by atoms with van der Waals surface area (Å²) >= 11 is 0. The van der Waals surface area contributed by atoms with Crippen molar-refractivity contribution in [1.29, 1.82) is 0 Å². The Morgan fingerprint density at radius 1 is 1.65 bits per heavy atom. The summed E-state index contributed by atoms with van der Waals surface area (Å²) in [5.41, 5.74) is 4.78. The minimum atomic E-state index is -0.776. The van der Waals surface area contributed by atoms with E-state index >= 15 is 0 Å². The molecule has 1 saturated heterocycles. The van der Waals surface area contributed by atoms with Crippen LogP contribution in [0.15, 0.2) is 5.16 Å². The normalized spacial score (nSPS) is 28.8. The van der Waals surface area contributed by atoms with Crippen LogP contribution in [0.2, 0.25) is 0 Å². The van der Waals surface area contributed by atoms with E-state index < -0.39 is 5.41 Å². The number of hydrogen-bond acceptors (Lipinski definition) is 4. The smallest absolute Gasteiger partial charge is 0.234 e. The molecular weight excluding hydrogens is 222 g/mol. The van der Waals surface area contributed by atoms with Gasteiger partial charge in [-0.05, 0) is 32.6 Å². The number of amidine groups is 1. The lowest BCUT2D eigenvalue weighted by atomic mass is 10.0. The van der Waals surface area contributed by atoms with E-state index in [2.05, 4.69) is 10.5 Å². The van der Waals surface area contributed by atoms with Crippen LogP contribution in [0, 0.1) is 5.41 Å². The van der Waals surface area contributed by atoms with E-state index in [1.165, 1.54) is 0 Å². The van der Waals surface area contributed by atoms with Crippen molar-refractivity contribution in [3.05, 3.63) is 0 Å². The zero-order valence-corrected chi connectivity index (χ0v) is 9.98. The minimum absolute atomic E-state index is 0.00883. The molecule has 96 valence electrons. The van der Waals surface area contributed by atoms with Gasteiger partial charge in [0.25, 0.3) is 0 Å². The summed E-state index contributed by atoms with van der Waals surface area (Å²) in [4.78, 5) is 12.1. The lowest BCUT2D eigenvalue weighted by molar-refractivity contribution is -0.125. The summed E-state index contributed by atoms with van der Waals surface area (Å²) in [7, 11) is 0. The average Bonchev–Trinajstić information content (AvgIpc) is 2.95. The Kier molecular flexibility index (Phi) is 3.24. The molecule has 2 atom stereocenters. The molecule has 2 rings (SSSR count). The fourth-order valence-electron chi connectivity index (χ4n) is 2.26. The molecular formula is C11H19N3O3. The minimum Gasteiger partial charge on any atom is -0.409 e. The van der Waals surface area contributed by atoms with E-state index in [0.29, 0.717) is 12.8 Å². The molecule has 1 saturated carbocycles. The van der Waals surface area contributed by atoms with Crippen LogP contribution >= 0.6 is 0 Å². The summed E-state index contributed by atoms with van der Waals surface area (Å²) in [5.74, 6) is -0.148. The van der Waals surface area contributed by atoms with Crippen LogP contribution < -0.4 is 11.1 Å². The Balaban J connectivity index is 1.93. The third-order valence-electron chi connectivity index (χ3n) is 3.66. The van der Waals surface area contributed by atoms with Gasteiger partial charge in [0.2, 0.25) is 5.91 Å². The number of ether oxygens (including phenoxy) is 1. The molecule has 0 radical (unpaired) electrons. The standard InChI is InChI=1S/C11H19N3O3/c1-7(8-3-2-6-17-8)13-10(15)11(4-5-11)9(12)14-16/h7-8,16H,2-6H2,1H3,(H2,12,14)(H,13,15). The van der Waals surface area contributed by atoms with Crippen molar-refractivity contribution in [2.45, 2.75) is 44.8 Å². The Morgan fingerprint density at radius 3 is 2.82 bits per heavy atom. The first-order valence-electron chi connectivity index (χ1n) is 6.01. The fourth-order valence-corrected chi connectivity index (χ4v) is 2.26. The van der Waals surface area contributed by atoms with Gasteiger partial charge in [0.15, 0.2) is 5.84 Å². The van der Waals surface area contributed by atoms with Crippen molar-refractivity contribution in [1.82, 2.24) is 5.32 Å². The second kappa shape index (κ2) is 4.52. The number of amides is 1. The SMILES string of the molecule is CC(NC(=O)C1(C(N)=NO)CC1)C1CCCO1. The molecule has 2 aliphatic rings. The van der Waals surface area contributed by atoms with Gasteiger partial charge in [-0.3, -0.25) is 4.79 Å². The molecule has 1 amide bonds. The monoisotopic (exact) mass is 241 g/mol. The highest BCUT2D eigenvalue weighted by Crippen LogP contribution is 2.46. The first-order valence-corrected chi connectivity index (χ1v) is 6.01. The van der Waals surface area contributed by atoms with Crippen molar-refractivity contribution in [2.75, 3.05) is 6.61 Å². The quantitative estimate of drug-likeness (QED) is 0.283. The number of nitrogens with zero attached hydrogens (tertiary/aromatic N) is 1. The maximum absolute atomic E-state index is 12.1. The summed E-state index contributed by atoms with van der Waals surface area (Å²) in [6, 6.07) is -0.0334. The first kappa shape index (κ1) is 12.2. The highest BCUT2D eigenvalue weighted by molar-refractivity contribution is 6.09. The Labute approximate surface area is 100 Å². The van der Waals surface area contributed by atoms with Crippen LogP contribution in [-0.2, 0) is 9.53 Å². The predicted octanol–water partition coefficient (Wildman–Crippen LogP) is 0.197. The molecule has 1 aliphatic carbocycles. The Morgan fingerprint density at radius 2 is 2.35 bits per heavy atom. The maximum Gasteiger partial charge on any atom is 0.234 e. The van der Waals surface area contributed by atoms with Crippen molar-refractivity contribution >= 4 is 11.7 Å². The third kappa shape index (κ3) is 2.22. The van der Waals surface area contributed by atoms with E-state index in [1.807, 2.05) is 6.92 Å². The molecule has 17 heavy (non-hydrogen) atoms. The number of carbonyl (C=O) groups is 1. The average molecular weight is 241 g/mol. The van der Waals surface area contributed by atoms with Crippen LogP contribution in [0.1, 0.15) is 32.6 Å². The van der Waals surface area contributed by atoms with Gasteiger partial charge in [-0.25, -0.2) is 0 Å². The largest absolute Gasteiger partial charge is 0.409 e. The number of rotatable bonds is 4. The van der Waals surface area contributed by atoms with Gasteiger partial charge in [0.05, 0.1) is 12.1 Å². The van der Waals surface area contributed by atoms with Crippen molar-refractivity contribution in [2.24, 2.45) is 16.3 Å². The lowest BCUT2D eigenvalue weighted by Crippen LogP contribution is -2.47. The number of carbonyl (C=O) groups excluding carboxylic acids is 1. The third-order valence-corrected chi connectivity index (χ3v) is 3.66. The van der Waals surface area contributed by atoms with Crippen molar-refractivity contribution in [3.8, 4) is 0 Å². The van der Waals surface area contributed by atoms with Gasteiger partial charge in [0, 0.05) is 6.61 Å². The van der Waals surface area contributed by atoms with E-state index in [4.69, 9.17) is 15.7 Å². The molecule has 0 aromatic rings. The number of hydrogen-bond donors (Lipinski definition) is 3. The van der Waals surface area contributed by atoms with E-state index in [9.17, 15) is 4.79 Å². The van der Waals surface area contributed by atoms with Crippen LogP contribution in [0.5, 0.6) is 0 Å². The molecule has 4 N–H and O–H groups in total. The van der Waals surface area contributed by atoms with Gasteiger partial charge in [-0.15, -0.1) is 0 Å². The molecule has 6 heteroatoms. The van der Waals surface area contributed by atoms with Gasteiger partial charge >= 0.3 is 0 Å². The zero-order valence-electron chi connectivity index (χ0n) is 9.98. The van der Waals surface area contributed by atoms with E-state index in [1.54, 1.807) is 0 Å². The molecule has 0 spiro atoms. The highest BCUT2D eigenvalue weighted by Gasteiger charge is 2.54. The molecule has 2 unspecified atom stereocenters. The zero-order chi connectivity index (χ0) is 12.5. The van der Waals surface area contributed by atoms with Gasteiger partial charge in [-0.1, -0.05) is 5.16 Å². The summed E-state index contributed by atoms with van der Waals surface area (Å²) in [5, 5.41) is 14.5. The van der Waals surface area contributed by atoms with Crippen molar-refractivity contribution < 1.29 is 14.7 Å². The number of nitrogens with one attached hydrogen (secondary N) is 1. The van der Waals surface area contributed by atoms with Crippen LogP contribution in [-0.4, -0.2) is 35.7 Å². The molecule has 1 aliphatic heterocycles. The van der Waals surface area contributed by atoms with Gasteiger partial charge in [0.1, 0.15) is 5.41 Å². The molecule has 2 fully saturated rings. The molecule has 0 bridgehead atoms. The highest BCUT2D eigenvalue weighted by atomic mass is 16.5. The molecule has 0 aromatic carbocycles. The van der Waals surface area contributed by atoms with E-state index in [-0.39, 0.29) is 23.9 Å². The second-order valence-corrected chi connectivity index (χ2v) is 4.88. The summed E-state index contributed by atoms with van der Waals surface area (Å²) in [6.07, 6.45) is 3.39. The predicted molar refractivity (Wildman–Crippen MR) is 61.7 cm³/mol. The topological polar surface area (TPSA) is 96.9 Å². The van der Waals surface area contributed by atoms with Crippen LogP contribution in [0.4, 0.5) is 0 Å². The second-order valence-electron chi connectivity index (χ2n) is 4.88. The lowest BCUT2D eigenvalue weighted by Gasteiger charge is -2.22. The first-order chi connectivity index (χ1) is 8.10. The van der Waals surface area contributed by atoms with Gasteiger partial charge in [-0.2, -0.15) is 0 Å². The van der Waals surface area contributed by atoms with E-state index in [0.717, 1.165) is 19.4 Å². The fraction of sp³-hybridized carbons (Fsp3) is 0.818. The summed E-state index contributed by atoms with van der Waals surface area (Å²) in [6.45, 7) is 2.69. The Bertz CT molecular complexity index is 333. The summed E-state index contributed by atoms with van der Waals surface area (Å²) < 4.78 is 5.51. The van der Waals surface area contributed by atoms with Crippen molar-refractivity contribution in [3.63, 3.8) is 0 Å². The molecule has 0 aromatic heterocycles. The number of oxime groups is 1. The van der Waals surface area contributed by atoms with Crippen LogP contribution in [0.3, 0.4) is 0 Å².